The highest BCUT2D eigenvalue weighted by Gasteiger charge is 2.23. The van der Waals surface area contributed by atoms with Crippen molar-refractivity contribution in [2.75, 3.05) is 23.3 Å². The van der Waals surface area contributed by atoms with Crippen LogP contribution < -0.4 is 10.2 Å². The molecule has 1 amide bonds. The molecule has 1 aliphatic rings. The lowest BCUT2D eigenvalue weighted by molar-refractivity contribution is -0.384. The van der Waals surface area contributed by atoms with Crippen molar-refractivity contribution >= 4 is 34.1 Å². The SMILES string of the molecule is O=C(Nc1ccc2oc(-c3ccc(-c4ccccc4)cc3)nc2c1)c1ccc(N2CCCCC2)c([N+](=O)[O-])c1. The van der Waals surface area contributed by atoms with E-state index in [-0.39, 0.29) is 11.3 Å². The molecule has 4 aromatic carbocycles. The molecule has 194 valence electrons. The van der Waals surface area contributed by atoms with Crippen LogP contribution in [0, 0.1) is 10.1 Å². The van der Waals surface area contributed by atoms with E-state index >= 15 is 0 Å². The summed E-state index contributed by atoms with van der Waals surface area (Å²) in [5.41, 5.74) is 5.52. The minimum Gasteiger partial charge on any atom is -0.436 e. The monoisotopic (exact) mass is 518 g/mol. The zero-order valence-electron chi connectivity index (χ0n) is 21.2. The van der Waals surface area contributed by atoms with Gasteiger partial charge >= 0.3 is 0 Å². The molecule has 0 atom stereocenters. The fraction of sp³-hybridized carbons (Fsp3) is 0.161. The molecule has 8 nitrogen and oxygen atoms in total. The van der Waals surface area contributed by atoms with Crippen molar-refractivity contribution in [1.29, 1.82) is 0 Å². The Morgan fingerprint density at radius 2 is 1.56 bits per heavy atom. The first kappa shape index (κ1) is 24.4. The van der Waals surface area contributed by atoms with Crippen LogP contribution in [0.3, 0.4) is 0 Å². The number of carbonyl (C=O) groups is 1. The van der Waals surface area contributed by atoms with E-state index in [4.69, 9.17) is 4.42 Å². The van der Waals surface area contributed by atoms with Crippen molar-refractivity contribution in [2.45, 2.75) is 19.3 Å². The van der Waals surface area contributed by atoms with Crippen LogP contribution in [-0.4, -0.2) is 28.9 Å². The number of rotatable bonds is 6. The van der Waals surface area contributed by atoms with Crippen LogP contribution in [0.25, 0.3) is 33.7 Å². The number of oxazole rings is 1. The van der Waals surface area contributed by atoms with Gasteiger partial charge in [-0.15, -0.1) is 0 Å². The van der Waals surface area contributed by atoms with Crippen molar-refractivity contribution in [3.63, 3.8) is 0 Å². The fourth-order valence-corrected chi connectivity index (χ4v) is 4.98. The summed E-state index contributed by atoms with van der Waals surface area (Å²) in [5.74, 6) is 0.0554. The van der Waals surface area contributed by atoms with E-state index in [1.807, 2.05) is 47.4 Å². The summed E-state index contributed by atoms with van der Waals surface area (Å²) in [6.45, 7) is 1.56. The van der Waals surface area contributed by atoms with Gasteiger partial charge in [0, 0.05) is 36.0 Å². The number of nitro benzene ring substituents is 1. The number of nitrogens with zero attached hydrogens (tertiary/aromatic N) is 3. The van der Waals surface area contributed by atoms with Crippen LogP contribution >= 0.6 is 0 Å². The summed E-state index contributed by atoms with van der Waals surface area (Å²) in [6, 6.07) is 28.0. The second kappa shape index (κ2) is 10.4. The van der Waals surface area contributed by atoms with Gasteiger partial charge in [0.15, 0.2) is 5.58 Å². The highest BCUT2D eigenvalue weighted by Crippen LogP contribution is 2.32. The highest BCUT2D eigenvalue weighted by atomic mass is 16.6. The number of amides is 1. The normalized spacial score (nSPS) is 13.4. The molecule has 0 unspecified atom stereocenters. The van der Waals surface area contributed by atoms with Gasteiger partial charge in [0.1, 0.15) is 11.2 Å². The van der Waals surface area contributed by atoms with Crippen LogP contribution in [0.1, 0.15) is 29.6 Å². The van der Waals surface area contributed by atoms with Gasteiger partial charge in [-0.3, -0.25) is 14.9 Å². The van der Waals surface area contributed by atoms with E-state index in [2.05, 4.69) is 22.4 Å². The van der Waals surface area contributed by atoms with Gasteiger partial charge in [0.25, 0.3) is 11.6 Å². The van der Waals surface area contributed by atoms with Crippen LogP contribution in [0.4, 0.5) is 17.1 Å². The van der Waals surface area contributed by atoms with Crippen molar-refractivity contribution in [2.24, 2.45) is 0 Å². The van der Waals surface area contributed by atoms with Gasteiger partial charge in [-0.25, -0.2) is 4.98 Å². The molecule has 2 heterocycles. The third kappa shape index (κ3) is 5.09. The Labute approximate surface area is 225 Å². The number of carbonyl (C=O) groups excluding carboxylic acids is 1. The Morgan fingerprint density at radius 1 is 0.846 bits per heavy atom. The molecule has 1 N–H and O–H groups in total. The average Bonchev–Trinajstić information content (AvgIpc) is 3.41. The molecule has 1 fully saturated rings. The van der Waals surface area contributed by atoms with Gasteiger partial charge in [0.2, 0.25) is 5.89 Å². The molecule has 0 spiro atoms. The molecule has 6 rings (SSSR count). The Balaban J connectivity index is 1.21. The van der Waals surface area contributed by atoms with Crippen LogP contribution in [0.5, 0.6) is 0 Å². The lowest BCUT2D eigenvalue weighted by Crippen LogP contribution is -2.30. The van der Waals surface area contributed by atoms with Crippen LogP contribution in [0.2, 0.25) is 0 Å². The Kier molecular flexibility index (Phi) is 6.50. The first-order valence-electron chi connectivity index (χ1n) is 13.0. The molecule has 8 heteroatoms. The third-order valence-corrected chi connectivity index (χ3v) is 7.02. The van der Waals surface area contributed by atoms with Gasteiger partial charge in [-0.1, -0.05) is 42.5 Å². The Morgan fingerprint density at radius 3 is 2.31 bits per heavy atom. The first-order valence-corrected chi connectivity index (χ1v) is 13.0. The predicted molar refractivity (Wildman–Crippen MR) is 152 cm³/mol. The number of hydrogen-bond acceptors (Lipinski definition) is 6. The number of piperidine rings is 1. The van der Waals surface area contributed by atoms with E-state index in [1.165, 1.54) is 6.07 Å². The molecule has 1 saturated heterocycles. The number of hydrogen-bond donors (Lipinski definition) is 1. The average molecular weight is 519 g/mol. The number of aromatic nitrogens is 1. The maximum atomic E-state index is 13.0. The predicted octanol–water partition coefficient (Wildman–Crippen LogP) is 7.31. The molecule has 0 radical (unpaired) electrons. The Bertz CT molecular complexity index is 1660. The molecule has 1 aliphatic heterocycles. The lowest BCUT2D eigenvalue weighted by Gasteiger charge is -2.28. The zero-order chi connectivity index (χ0) is 26.8. The molecule has 39 heavy (non-hydrogen) atoms. The second-order valence-corrected chi connectivity index (χ2v) is 9.61. The van der Waals surface area contributed by atoms with E-state index in [0.29, 0.717) is 28.4 Å². The summed E-state index contributed by atoms with van der Waals surface area (Å²) in [6.07, 6.45) is 3.14. The van der Waals surface area contributed by atoms with Crippen LogP contribution in [0.15, 0.2) is 95.4 Å². The van der Waals surface area contributed by atoms with Gasteiger partial charge < -0.3 is 14.6 Å². The lowest BCUT2D eigenvalue weighted by atomic mass is 10.0. The smallest absolute Gasteiger partial charge is 0.293 e. The molecule has 5 aromatic rings. The number of benzene rings is 4. The van der Waals surface area contributed by atoms with E-state index in [0.717, 1.165) is 49.0 Å². The van der Waals surface area contributed by atoms with Gasteiger partial charge in [-0.2, -0.15) is 0 Å². The highest BCUT2D eigenvalue weighted by molar-refractivity contribution is 6.05. The largest absolute Gasteiger partial charge is 0.436 e. The standard InChI is InChI=1S/C31H26N4O4/c36-30(24-13-15-27(28(19-24)35(37)38)34-17-5-2-6-18-34)32-25-14-16-29-26(20-25)33-31(39-29)23-11-9-22(10-12-23)21-7-3-1-4-8-21/h1,3-4,7-16,19-20H,2,5-6,17-18H2,(H,32,36). The zero-order valence-corrected chi connectivity index (χ0v) is 21.2. The van der Waals surface area contributed by atoms with E-state index < -0.39 is 10.8 Å². The number of anilines is 2. The summed E-state index contributed by atoms with van der Waals surface area (Å²) < 4.78 is 5.95. The van der Waals surface area contributed by atoms with Gasteiger partial charge in [-0.05, 0) is 72.9 Å². The van der Waals surface area contributed by atoms with E-state index in [9.17, 15) is 14.9 Å². The summed E-state index contributed by atoms with van der Waals surface area (Å²) in [7, 11) is 0. The number of fused-ring (bicyclic) bond motifs is 1. The molecule has 1 aromatic heterocycles. The summed E-state index contributed by atoms with van der Waals surface area (Å²) in [4.78, 5) is 31.0. The van der Waals surface area contributed by atoms with Crippen molar-refractivity contribution in [3.8, 4) is 22.6 Å². The molecule has 0 bridgehead atoms. The van der Waals surface area contributed by atoms with E-state index in [1.54, 1.807) is 30.3 Å². The van der Waals surface area contributed by atoms with Crippen molar-refractivity contribution in [3.05, 3.63) is 107 Å². The molecule has 0 aliphatic carbocycles. The Hall–Kier alpha value is -4.98. The minimum absolute atomic E-state index is 0.0561. The molecule has 0 saturated carbocycles. The number of nitro groups is 1. The van der Waals surface area contributed by atoms with Crippen LogP contribution in [-0.2, 0) is 0 Å². The van der Waals surface area contributed by atoms with Gasteiger partial charge in [0.05, 0.1) is 4.92 Å². The molecular weight excluding hydrogens is 492 g/mol. The maximum Gasteiger partial charge on any atom is 0.293 e. The summed E-state index contributed by atoms with van der Waals surface area (Å²) in [5, 5.41) is 14.6. The van der Waals surface area contributed by atoms with Crippen molar-refractivity contribution < 1.29 is 14.1 Å². The quantitative estimate of drug-likeness (QED) is 0.187. The topological polar surface area (TPSA) is 102 Å². The van der Waals surface area contributed by atoms with Crippen molar-refractivity contribution in [1.82, 2.24) is 4.98 Å². The minimum atomic E-state index is -0.428. The number of nitrogens with one attached hydrogen (secondary N) is 1. The fourth-order valence-electron chi connectivity index (χ4n) is 4.98. The third-order valence-electron chi connectivity index (χ3n) is 7.02. The maximum absolute atomic E-state index is 13.0. The second-order valence-electron chi connectivity index (χ2n) is 9.61. The first-order chi connectivity index (χ1) is 19.0. The molecular formula is C31H26N4O4. The summed E-state index contributed by atoms with van der Waals surface area (Å²) >= 11 is 0.